The van der Waals surface area contributed by atoms with E-state index in [0.717, 1.165) is 37.9 Å². The average Bonchev–Trinajstić information content (AvgIpc) is 2.72. The molecule has 1 aromatic carbocycles. The van der Waals surface area contributed by atoms with Gasteiger partial charge in [0.1, 0.15) is 5.82 Å². The molecule has 1 heterocycles. The first-order chi connectivity index (χ1) is 13.1. The number of hydrogen-bond acceptors (Lipinski definition) is 4. The molecule has 1 atom stereocenters. The lowest BCUT2D eigenvalue weighted by Crippen LogP contribution is -2.41. The number of halogens is 1. The van der Waals surface area contributed by atoms with E-state index in [0.29, 0.717) is 28.3 Å². The van der Waals surface area contributed by atoms with E-state index >= 15 is 0 Å². The zero-order valence-electron chi connectivity index (χ0n) is 15.8. The van der Waals surface area contributed by atoms with Crippen molar-refractivity contribution in [2.45, 2.75) is 51.0 Å². The molecule has 3 rings (SSSR count). The Bertz CT molecular complexity index is 758. The monoisotopic (exact) mass is 387 g/mol. The summed E-state index contributed by atoms with van der Waals surface area (Å²) in [5, 5.41) is 3.85. The van der Waals surface area contributed by atoms with Crippen molar-refractivity contribution in [3.05, 3.63) is 52.9 Å². The lowest BCUT2D eigenvalue weighted by Gasteiger charge is -2.33. The van der Waals surface area contributed by atoms with Crippen molar-refractivity contribution in [3.8, 4) is 5.88 Å². The predicted molar refractivity (Wildman–Crippen MR) is 106 cm³/mol. The number of aromatic nitrogens is 2. The summed E-state index contributed by atoms with van der Waals surface area (Å²) in [6.07, 6.45) is 6.87. The Morgan fingerprint density at radius 3 is 2.56 bits per heavy atom. The molecule has 1 N–H and O–H groups in total. The summed E-state index contributed by atoms with van der Waals surface area (Å²) >= 11 is 5.90. The highest BCUT2D eigenvalue weighted by molar-refractivity contribution is 6.30. The molecule has 0 aliphatic heterocycles. The first-order valence-corrected chi connectivity index (χ1v) is 9.91. The van der Waals surface area contributed by atoms with Gasteiger partial charge in [0, 0.05) is 34.8 Å². The maximum atomic E-state index is 12.5. The first kappa shape index (κ1) is 19.6. The molecule has 1 aromatic heterocycles. The minimum atomic E-state index is -0.0308. The minimum absolute atomic E-state index is 0.0308. The fourth-order valence-corrected chi connectivity index (χ4v) is 3.98. The van der Waals surface area contributed by atoms with Gasteiger partial charge in [-0.2, -0.15) is 4.98 Å². The molecule has 27 heavy (non-hydrogen) atoms. The van der Waals surface area contributed by atoms with Crippen molar-refractivity contribution >= 4 is 17.5 Å². The number of amides is 1. The number of ether oxygens (including phenoxy) is 1. The van der Waals surface area contributed by atoms with Crippen LogP contribution in [0.1, 0.15) is 61.1 Å². The molecule has 144 valence electrons. The number of carbonyl (C=O) groups excluding carboxylic acids is 1. The van der Waals surface area contributed by atoms with Crippen LogP contribution in [0, 0.1) is 5.92 Å². The quantitative estimate of drug-likeness (QED) is 0.785. The summed E-state index contributed by atoms with van der Waals surface area (Å²) in [4.78, 5) is 21.4. The van der Waals surface area contributed by atoms with Crippen LogP contribution < -0.4 is 10.1 Å². The highest BCUT2D eigenvalue weighted by atomic mass is 35.5. The fourth-order valence-electron chi connectivity index (χ4n) is 3.85. The van der Waals surface area contributed by atoms with E-state index in [1.807, 2.05) is 0 Å². The molecule has 6 heteroatoms. The maximum absolute atomic E-state index is 12.5. The topological polar surface area (TPSA) is 64.1 Å². The summed E-state index contributed by atoms with van der Waals surface area (Å²) < 4.78 is 5.21. The van der Waals surface area contributed by atoms with Crippen LogP contribution in [0.15, 0.2) is 36.5 Å². The number of rotatable bonds is 6. The second kappa shape index (κ2) is 9.18. The van der Waals surface area contributed by atoms with Crippen molar-refractivity contribution in [2.75, 3.05) is 7.11 Å². The Labute approximate surface area is 165 Å². The van der Waals surface area contributed by atoms with E-state index in [1.54, 1.807) is 43.6 Å². The molecule has 1 fully saturated rings. The van der Waals surface area contributed by atoms with E-state index in [-0.39, 0.29) is 11.9 Å². The third-order valence-corrected chi connectivity index (χ3v) is 5.68. The van der Waals surface area contributed by atoms with Crippen LogP contribution in [0.4, 0.5) is 0 Å². The molecule has 0 spiro atoms. The SMILES string of the molecule is CC[C@@H](NC(=O)c1ccc(Cl)cc1)C1CCC(c2nccc(OC)n2)CC1. The third-order valence-electron chi connectivity index (χ3n) is 5.43. The molecule has 0 unspecified atom stereocenters. The van der Waals surface area contributed by atoms with Gasteiger partial charge in [0.15, 0.2) is 0 Å². The Morgan fingerprint density at radius 1 is 1.22 bits per heavy atom. The molecule has 5 nitrogen and oxygen atoms in total. The molecule has 0 radical (unpaired) electrons. The Balaban J connectivity index is 1.58. The van der Waals surface area contributed by atoms with Crippen molar-refractivity contribution < 1.29 is 9.53 Å². The summed E-state index contributed by atoms with van der Waals surface area (Å²) in [5.74, 6) is 2.29. The van der Waals surface area contributed by atoms with Gasteiger partial charge < -0.3 is 10.1 Å². The molecule has 1 saturated carbocycles. The van der Waals surface area contributed by atoms with E-state index in [2.05, 4.69) is 22.2 Å². The summed E-state index contributed by atoms with van der Waals surface area (Å²) in [7, 11) is 1.62. The van der Waals surface area contributed by atoms with Crippen LogP contribution >= 0.6 is 11.6 Å². The van der Waals surface area contributed by atoms with Gasteiger partial charge in [-0.15, -0.1) is 0 Å². The Morgan fingerprint density at radius 2 is 1.93 bits per heavy atom. The number of carbonyl (C=O) groups is 1. The Kier molecular flexibility index (Phi) is 6.67. The van der Waals surface area contributed by atoms with Crippen LogP contribution in [0.2, 0.25) is 5.02 Å². The van der Waals surface area contributed by atoms with Crippen LogP contribution in [0.3, 0.4) is 0 Å². The lowest BCUT2D eigenvalue weighted by molar-refractivity contribution is 0.0909. The summed E-state index contributed by atoms with van der Waals surface area (Å²) in [6.45, 7) is 2.13. The molecule has 1 aliphatic carbocycles. The van der Waals surface area contributed by atoms with Gasteiger partial charge in [0.05, 0.1) is 7.11 Å². The van der Waals surface area contributed by atoms with Crippen molar-refractivity contribution in [2.24, 2.45) is 5.92 Å². The van der Waals surface area contributed by atoms with Crippen molar-refractivity contribution in [3.63, 3.8) is 0 Å². The zero-order valence-corrected chi connectivity index (χ0v) is 16.6. The number of nitrogens with one attached hydrogen (secondary N) is 1. The number of hydrogen-bond donors (Lipinski definition) is 1. The summed E-state index contributed by atoms with van der Waals surface area (Å²) in [6, 6.07) is 8.98. The zero-order chi connectivity index (χ0) is 19.2. The van der Waals surface area contributed by atoms with Gasteiger partial charge in [-0.3, -0.25) is 4.79 Å². The van der Waals surface area contributed by atoms with E-state index in [1.165, 1.54) is 0 Å². The molecule has 1 aliphatic rings. The normalized spacial score (nSPS) is 20.7. The molecule has 0 saturated heterocycles. The number of nitrogens with zero attached hydrogens (tertiary/aromatic N) is 2. The van der Waals surface area contributed by atoms with E-state index < -0.39 is 0 Å². The molecular weight excluding hydrogens is 362 g/mol. The Hall–Kier alpha value is -2.14. The van der Waals surface area contributed by atoms with Crippen LogP contribution in [0.25, 0.3) is 0 Å². The average molecular weight is 388 g/mol. The minimum Gasteiger partial charge on any atom is -0.481 e. The smallest absolute Gasteiger partial charge is 0.251 e. The van der Waals surface area contributed by atoms with Gasteiger partial charge in [-0.05, 0) is 62.3 Å². The third kappa shape index (κ3) is 4.98. The predicted octanol–water partition coefficient (Wildman–Crippen LogP) is 4.62. The highest BCUT2D eigenvalue weighted by Gasteiger charge is 2.29. The van der Waals surface area contributed by atoms with Gasteiger partial charge in [-0.25, -0.2) is 4.98 Å². The van der Waals surface area contributed by atoms with E-state index in [4.69, 9.17) is 16.3 Å². The van der Waals surface area contributed by atoms with Crippen molar-refractivity contribution in [1.82, 2.24) is 15.3 Å². The summed E-state index contributed by atoms with van der Waals surface area (Å²) in [5.41, 5.74) is 0.649. The second-order valence-electron chi connectivity index (χ2n) is 7.06. The van der Waals surface area contributed by atoms with Gasteiger partial charge in [-0.1, -0.05) is 18.5 Å². The second-order valence-corrected chi connectivity index (χ2v) is 7.50. The highest BCUT2D eigenvalue weighted by Crippen LogP contribution is 2.36. The largest absolute Gasteiger partial charge is 0.481 e. The first-order valence-electron chi connectivity index (χ1n) is 9.54. The standard InChI is InChI=1S/C21H26ClN3O2/c1-3-18(24-21(26)16-8-10-17(22)11-9-16)14-4-6-15(7-5-14)20-23-13-12-19(25-20)27-2/h8-15,18H,3-7H2,1-2H3,(H,24,26)/t14?,15?,18-/m1/s1. The van der Waals surface area contributed by atoms with E-state index in [9.17, 15) is 4.79 Å². The number of methoxy groups -OCH3 is 1. The van der Waals surface area contributed by atoms with Gasteiger partial charge in [0.2, 0.25) is 5.88 Å². The maximum Gasteiger partial charge on any atom is 0.251 e. The van der Waals surface area contributed by atoms with Crippen molar-refractivity contribution in [1.29, 1.82) is 0 Å². The van der Waals surface area contributed by atoms with Gasteiger partial charge >= 0.3 is 0 Å². The number of benzene rings is 1. The molecule has 2 aromatic rings. The molecular formula is C21H26ClN3O2. The van der Waals surface area contributed by atoms with Crippen LogP contribution in [-0.4, -0.2) is 29.0 Å². The molecule has 0 bridgehead atoms. The fraction of sp³-hybridized carbons (Fsp3) is 0.476. The van der Waals surface area contributed by atoms with Crippen LogP contribution in [0.5, 0.6) is 5.88 Å². The molecule has 1 amide bonds. The lowest BCUT2D eigenvalue weighted by atomic mass is 9.77. The van der Waals surface area contributed by atoms with Gasteiger partial charge in [0.25, 0.3) is 5.91 Å². The van der Waals surface area contributed by atoms with Crippen LogP contribution in [-0.2, 0) is 0 Å².